The molecule has 0 saturated heterocycles. The fourth-order valence-electron chi connectivity index (χ4n) is 2.58. The van der Waals surface area contributed by atoms with Crippen molar-refractivity contribution in [2.75, 3.05) is 5.43 Å². The van der Waals surface area contributed by atoms with Gasteiger partial charge in [-0.1, -0.05) is 0 Å². The molecule has 2 amide bonds. The van der Waals surface area contributed by atoms with Gasteiger partial charge in [0.2, 0.25) is 11.9 Å². The summed E-state index contributed by atoms with van der Waals surface area (Å²) in [6.07, 6.45) is 0.449. The van der Waals surface area contributed by atoms with Crippen molar-refractivity contribution < 1.29 is 27.9 Å². The Morgan fingerprint density at radius 2 is 1.90 bits per heavy atom. The van der Waals surface area contributed by atoms with Crippen molar-refractivity contribution in [1.82, 2.24) is 30.3 Å². The van der Waals surface area contributed by atoms with Crippen molar-refractivity contribution in [2.24, 2.45) is 0 Å². The van der Waals surface area contributed by atoms with Gasteiger partial charge in [0, 0.05) is 30.8 Å². The summed E-state index contributed by atoms with van der Waals surface area (Å²) >= 11 is 0. The Balaban J connectivity index is 1.66. The molecule has 3 aromatic rings. The lowest BCUT2D eigenvalue weighted by molar-refractivity contribution is -0.121. The van der Waals surface area contributed by atoms with Gasteiger partial charge in [0.1, 0.15) is 12.1 Å². The number of nitrogens with one attached hydrogen (secondary N) is 3. The molecule has 3 rings (SSSR count). The second kappa shape index (κ2) is 8.41. The van der Waals surface area contributed by atoms with Crippen LogP contribution in [0.15, 0.2) is 30.7 Å². The number of hydrogen-bond donors (Lipinski definition) is 4. The number of aromatic nitrogens is 4. The Labute approximate surface area is 160 Å². The van der Waals surface area contributed by atoms with Gasteiger partial charge < -0.3 is 10.4 Å². The number of rotatable bonds is 7. The van der Waals surface area contributed by atoms with Crippen LogP contribution in [0.4, 0.5) is 23.9 Å². The van der Waals surface area contributed by atoms with Gasteiger partial charge >= 0.3 is 6.09 Å². The number of carbonyl (C=O) groups is 2. The molecule has 152 valence electrons. The highest BCUT2D eigenvalue weighted by Gasteiger charge is 2.20. The first-order valence-corrected chi connectivity index (χ1v) is 8.16. The van der Waals surface area contributed by atoms with E-state index in [9.17, 15) is 22.8 Å². The zero-order chi connectivity index (χ0) is 21.0. The molecule has 1 atom stereocenters. The molecule has 0 aliphatic rings. The molecular formula is C16H14F3N7O3. The highest BCUT2D eigenvalue weighted by Crippen LogP contribution is 2.16. The number of fused-ring (bicyclic) bond motifs is 1. The van der Waals surface area contributed by atoms with Crippen LogP contribution in [0.2, 0.25) is 0 Å². The SMILES string of the molecule is O=C(O)N[C@@H](CC(=O)NNc1nccc2ncnn12)Cc1cc(F)c(F)cc1F. The van der Waals surface area contributed by atoms with Gasteiger partial charge in [0.15, 0.2) is 17.3 Å². The number of carboxylic acid groups (broad SMARTS) is 1. The molecule has 0 aliphatic carbocycles. The lowest BCUT2D eigenvalue weighted by Crippen LogP contribution is -2.41. The van der Waals surface area contributed by atoms with E-state index in [1.165, 1.54) is 17.0 Å². The number of halogens is 3. The van der Waals surface area contributed by atoms with Gasteiger partial charge in [-0.05, 0) is 18.1 Å². The second-order valence-corrected chi connectivity index (χ2v) is 5.88. The third-order valence-corrected chi connectivity index (χ3v) is 3.82. The van der Waals surface area contributed by atoms with Crippen molar-refractivity contribution in [2.45, 2.75) is 18.9 Å². The molecule has 0 bridgehead atoms. The maximum absolute atomic E-state index is 13.8. The molecule has 0 aliphatic heterocycles. The zero-order valence-corrected chi connectivity index (χ0v) is 14.6. The highest BCUT2D eigenvalue weighted by molar-refractivity contribution is 5.78. The van der Waals surface area contributed by atoms with Crippen molar-refractivity contribution in [1.29, 1.82) is 0 Å². The molecule has 4 N–H and O–H groups in total. The minimum atomic E-state index is -1.46. The predicted molar refractivity (Wildman–Crippen MR) is 92.1 cm³/mol. The van der Waals surface area contributed by atoms with Crippen molar-refractivity contribution in [3.63, 3.8) is 0 Å². The molecule has 0 fully saturated rings. The van der Waals surface area contributed by atoms with Crippen LogP contribution in [0.25, 0.3) is 5.65 Å². The minimum Gasteiger partial charge on any atom is -0.465 e. The number of nitrogens with zero attached hydrogens (tertiary/aromatic N) is 4. The first-order valence-electron chi connectivity index (χ1n) is 8.16. The maximum Gasteiger partial charge on any atom is 0.404 e. The van der Waals surface area contributed by atoms with Gasteiger partial charge in [-0.25, -0.2) is 27.9 Å². The summed E-state index contributed by atoms with van der Waals surface area (Å²) < 4.78 is 41.6. The first kappa shape index (κ1) is 19.9. The van der Waals surface area contributed by atoms with Gasteiger partial charge in [-0.15, -0.1) is 0 Å². The average Bonchev–Trinajstić information content (AvgIpc) is 3.13. The standard InChI is InChI=1S/C16H14F3N7O3/c17-10-6-12(19)11(18)4-8(10)3-9(23-16(28)29)5-14(27)24-25-15-20-2-1-13-21-7-22-26(13)15/h1-2,4,6-7,9,23H,3,5H2,(H,20,25)(H,24,27)(H,28,29)/t9-/m1/s1. The molecular weight excluding hydrogens is 395 g/mol. The third-order valence-electron chi connectivity index (χ3n) is 3.82. The van der Waals surface area contributed by atoms with Crippen LogP contribution < -0.4 is 16.2 Å². The van der Waals surface area contributed by atoms with Crippen LogP contribution in [-0.2, 0) is 11.2 Å². The topological polar surface area (TPSA) is 134 Å². The van der Waals surface area contributed by atoms with Gasteiger partial charge in [0.25, 0.3) is 0 Å². The third kappa shape index (κ3) is 4.88. The van der Waals surface area contributed by atoms with Crippen LogP contribution in [0, 0.1) is 17.5 Å². The van der Waals surface area contributed by atoms with Crippen LogP contribution in [-0.4, -0.2) is 42.7 Å². The Kier molecular flexibility index (Phi) is 5.76. The summed E-state index contributed by atoms with van der Waals surface area (Å²) in [7, 11) is 0. The van der Waals surface area contributed by atoms with E-state index in [0.29, 0.717) is 17.8 Å². The van der Waals surface area contributed by atoms with Crippen LogP contribution in [0.1, 0.15) is 12.0 Å². The van der Waals surface area contributed by atoms with E-state index in [1.807, 2.05) is 5.32 Å². The van der Waals surface area contributed by atoms with Gasteiger partial charge in [0.05, 0.1) is 0 Å². The zero-order valence-electron chi connectivity index (χ0n) is 14.6. The molecule has 0 unspecified atom stereocenters. The first-order chi connectivity index (χ1) is 13.8. The Morgan fingerprint density at radius 3 is 2.66 bits per heavy atom. The van der Waals surface area contributed by atoms with E-state index in [-0.39, 0.29) is 17.9 Å². The molecule has 2 aromatic heterocycles. The molecule has 0 radical (unpaired) electrons. The summed E-state index contributed by atoms with van der Waals surface area (Å²) in [5, 5.41) is 14.9. The van der Waals surface area contributed by atoms with E-state index in [2.05, 4.69) is 25.9 Å². The van der Waals surface area contributed by atoms with Gasteiger partial charge in [-0.2, -0.15) is 9.61 Å². The summed E-state index contributed by atoms with van der Waals surface area (Å²) in [5.74, 6) is -4.24. The van der Waals surface area contributed by atoms with Crippen LogP contribution in [0.5, 0.6) is 0 Å². The minimum absolute atomic E-state index is 0.141. The fourth-order valence-corrected chi connectivity index (χ4v) is 2.58. The predicted octanol–water partition coefficient (Wildman–Crippen LogP) is 1.25. The lowest BCUT2D eigenvalue weighted by atomic mass is 10.0. The number of carbonyl (C=O) groups excluding carboxylic acids is 1. The van der Waals surface area contributed by atoms with E-state index in [0.717, 1.165) is 0 Å². The lowest BCUT2D eigenvalue weighted by Gasteiger charge is -2.17. The van der Waals surface area contributed by atoms with Crippen molar-refractivity contribution in [3.05, 3.63) is 53.7 Å². The van der Waals surface area contributed by atoms with Crippen molar-refractivity contribution in [3.8, 4) is 0 Å². The normalized spacial score (nSPS) is 11.8. The van der Waals surface area contributed by atoms with Crippen molar-refractivity contribution >= 4 is 23.6 Å². The summed E-state index contributed by atoms with van der Waals surface area (Å²) in [6.45, 7) is 0. The van der Waals surface area contributed by atoms with Crippen LogP contribution >= 0.6 is 0 Å². The fraction of sp³-hybridized carbons (Fsp3) is 0.188. The number of hydrazine groups is 1. The molecule has 2 heterocycles. The van der Waals surface area contributed by atoms with E-state index in [4.69, 9.17) is 5.11 Å². The smallest absolute Gasteiger partial charge is 0.404 e. The second-order valence-electron chi connectivity index (χ2n) is 5.88. The molecule has 1 aromatic carbocycles. The number of benzene rings is 1. The monoisotopic (exact) mass is 409 g/mol. The summed E-state index contributed by atoms with van der Waals surface area (Å²) in [6, 6.07) is 1.45. The molecule has 0 spiro atoms. The molecule has 13 heteroatoms. The average molecular weight is 409 g/mol. The van der Waals surface area contributed by atoms with E-state index in [1.54, 1.807) is 6.07 Å². The quantitative estimate of drug-likeness (QED) is 0.341. The Hall–Kier alpha value is -3.90. The Bertz CT molecular complexity index is 1060. The number of amides is 2. The van der Waals surface area contributed by atoms with E-state index >= 15 is 0 Å². The molecule has 0 saturated carbocycles. The largest absolute Gasteiger partial charge is 0.465 e. The molecule has 10 nitrogen and oxygen atoms in total. The summed E-state index contributed by atoms with van der Waals surface area (Å²) in [5.41, 5.74) is 5.01. The number of hydrogen-bond acceptors (Lipinski definition) is 6. The van der Waals surface area contributed by atoms with Crippen LogP contribution in [0.3, 0.4) is 0 Å². The summed E-state index contributed by atoms with van der Waals surface area (Å²) in [4.78, 5) is 31.1. The number of anilines is 1. The maximum atomic E-state index is 13.8. The van der Waals surface area contributed by atoms with E-state index < -0.39 is 41.9 Å². The highest BCUT2D eigenvalue weighted by atomic mass is 19.2. The Morgan fingerprint density at radius 1 is 1.14 bits per heavy atom. The van der Waals surface area contributed by atoms with Gasteiger partial charge in [-0.3, -0.25) is 15.6 Å². The molecule has 29 heavy (non-hydrogen) atoms.